The van der Waals surface area contributed by atoms with Crippen molar-refractivity contribution in [1.29, 1.82) is 0 Å². The predicted octanol–water partition coefficient (Wildman–Crippen LogP) is 2.44. The van der Waals surface area contributed by atoms with Crippen LogP contribution in [0.3, 0.4) is 0 Å². The molecule has 0 aliphatic carbocycles. The lowest BCUT2D eigenvalue weighted by molar-refractivity contribution is -0.482. The first kappa shape index (κ1) is 9.19. The highest BCUT2D eigenvalue weighted by molar-refractivity contribution is 7.12. The maximum absolute atomic E-state index is 10.2. The van der Waals surface area contributed by atoms with Gasteiger partial charge in [-0.1, -0.05) is 6.92 Å². The number of nitro groups is 1. The topological polar surface area (TPSA) is 43.1 Å². The molecule has 0 spiro atoms. The smallest absolute Gasteiger partial charge is 0.211 e. The van der Waals surface area contributed by atoms with E-state index in [-0.39, 0.29) is 17.4 Å². The molecular formula is C8H11NO2S. The van der Waals surface area contributed by atoms with Crippen LogP contribution in [0.5, 0.6) is 0 Å². The SMILES string of the molecule is Cc1ccc(C(C)C[N+](=O)[O-])s1. The summed E-state index contributed by atoms with van der Waals surface area (Å²) in [4.78, 5) is 12.2. The van der Waals surface area contributed by atoms with E-state index in [9.17, 15) is 10.1 Å². The Kier molecular flexibility index (Phi) is 2.81. The fourth-order valence-electron chi connectivity index (χ4n) is 1.03. The van der Waals surface area contributed by atoms with E-state index >= 15 is 0 Å². The van der Waals surface area contributed by atoms with E-state index < -0.39 is 0 Å². The van der Waals surface area contributed by atoms with Gasteiger partial charge >= 0.3 is 0 Å². The quantitative estimate of drug-likeness (QED) is 0.536. The van der Waals surface area contributed by atoms with Crippen molar-refractivity contribution in [3.8, 4) is 0 Å². The highest BCUT2D eigenvalue weighted by Gasteiger charge is 2.13. The largest absolute Gasteiger partial charge is 0.265 e. The third-order valence-corrected chi connectivity index (χ3v) is 2.90. The Morgan fingerprint density at radius 1 is 1.67 bits per heavy atom. The van der Waals surface area contributed by atoms with Crippen LogP contribution in [0.2, 0.25) is 0 Å². The number of hydrogen-bond acceptors (Lipinski definition) is 3. The van der Waals surface area contributed by atoms with E-state index in [1.54, 1.807) is 11.3 Å². The highest BCUT2D eigenvalue weighted by atomic mass is 32.1. The van der Waals surface area contributed by atoms with E-state index in [1.807, 2.05) is 26.0 Å². The monoisotopic (exact) mass is 185 g/mol. The van der Waals surface area contributed by atoms with Crippen molar-refractivity contribution in [1.82, 2.24) is 0 Å². The summed E-state index contributed by atoms with van der Waals surface area (Å²) in [6.07, 6.45) is 0. The van der Waals surface area contributed by atoms with Crippen LogP contribution >= 0.6 is 11.3 Å². The Balaban J connectivity index is 2.64. The summed E-state index contributed by atoms with van der Waals surface area (Å²) >= 11 is 1.63. The summed E-state index contributed by atoms with van der Waals surface area (Å²) in [5, 5.41) is 10.2. The van der Waals surface area contributed by atoms with Gasteiger partial charge in [0.15, 0.2) is 0 Å². The molecule has 66 valence electrons. The molecule has 12 heavy (non-hydrogen) atoms. The van der Waals surface area contributed by atoms with Gasteiger partial charge in [0, 0.05) is 14.7 Å². The molecule has 1 unspecified atom stereocenters. The lowest BCUT2D eigenvalue weighted by Gasteiger charge is -2.01. The molecule has 0 aliphatic rings. The Morgan fingerprint density at radius 3 is 2.75 bits per heavy atom. The molecule has 1 aromatic heterocycles. The minimum atomic E-state index is -0.264. The lowest BCUT2D eigenvalue weighted by Crippen LogP contribution is -2.07. The molecule has 0 aromatic carbocycles. The second kappa shape index (κ2) is 3.67. The summed E-state index contributed by atoms with van der Waals surface area (Å²) in [6.45, 7) is 3.92. The number of aryl methyl sites for hydroxylation is 1. The summed E-state index contributed by atoms with van der Waals surface area (Å²) < 4.78 is 0. The fraction of sp³-hybridized carbons (Fsp3) is 0.500. The zero-order valence-corrected chi connectivity index (χ0v) is 7.93. The van der Waals surface area contributed by atoms with Crippen LogP contribution in [0.15, 0.2) is 12.1 Å². The highest BCUT2D eigenvalue weighted by Crippen LogP contribution is 2.23. The fourth-order valence-corrected chi connectivity index (χ4v) is 1.95. The van der Waals surface area contributed by atoms with E-state index in [1.165, 1.54) is 4.88 Å². The maximum Gasteiger partial charge on any atom is 0.211 e. The number of nitrogens with zero attached hydrogens (tertiary/aromatic N) is 1. The molecule has 1 heterocycles. The van der Waals surface area contributed by atoms with Crippen LogP contribution in [0, 0.1) is 17.0 Å². The molecule has 1 atom stereocenters. The van der Waals surface area contributed by atoms with E-state index in [4.69, 9.17) is 0 Å². The Labute approximate surface area is 75.2 Å². The third-order valence-electron chi connectivity index (χ3n) is 1.67. The standard InChI is InChI=1S/C8H11NO2S/c1-6(5-9(10)11)8-4-3-7(2)12-8/h3-4,6H,5H2,1-2H3. The summed E-state index contributed by atoms with van der Waals surface area (Å²) in [6, 6.07) is 3.96. The van der Waals surface area contributed by atoms with Crippen molar-refractivity contribution in [2.24, 2.45) is 0 Å². The van der Waals surface area contributed by atoms with E-state index in [0.29, 0.717) is 0 Å². The van der Waals surface area contributed by atoms with Crippen LogP contribution in [0.1, 0.15) is 22.6 Å². The molecule has 0 saturated heterocycles. The minimum absolute atomic E-state index is 0.0277. The van der Waals surface area contributed by atoms with Gasteiger partial charge in [-0.2, -0.15) is 0 Å². The van der Waals surface area contributed by atoms with Crippen molar-refractivity contribution < 1.29 is 4.92 Å². The van der Waals surface area contributed by atoms with Gasteiger partial charge in [0.2, 0.25) is 6.54 Å². The van der Waals surface area contributed by atoms with Gasteiger partial charge in [0.05, 0.1) is 5.92 Å². The van der Waals surface area contributed by atoms with Gasteiger partial charge in [0.1, 0.15) is 0 Å². The van der Waals surface area contributed by atoms with Crippen LogP contribution < -0.4 is 0 Å². The molecule has 0 radical (unpaired) electrons. The molecule has 0 N–H and O–H groups in total. The van der Waals surface area contributed by atoms with E-state index in [0.717, 1.165) is 4.88 Å². The first-order chi connectivity index (χ1) is 5.59. The van der Waals surface area contributed by atoms with Gasteiger partial charge in [0.25, 0.3) is 0 Å². The third kappa shape index (κ3) is 2.30. The average Bonchev–Trinajstić information content (AvgIpc) is 2.34. The summed E-state index contributed by atoms with van der Waals surface area (Å²) in [5.74, 6) is 0.0405. The molecule has 0 saturated carbocycles. The van der Waals surface area contributed by atoms with Crippen molar-refractivity contribution in [2.75, 3.05) is 6.54 Å². The number of rotatable bonds is 3. The van der Waals surface area contributed by atoms with E-state index in [2.05, 4.69) is 0 Å². The zero-order chi connectivity index (χ0) is 9.14. The minimum Gasteiger partial charge on any atom is -0.265 e. The molecule has 0 aliphatic heterocycles. The van der Waals surface area contributed by atoms with Gasteiger partial charge in [-0.15, -0.1) is 11.3 Å². The van der Waals surface area contributed by atoms with Crippen molar-refractivity contribution in [3.63, 3.8) is 0 Å². The Hall–Kier alpha value is -0.900. The summed E-state index contributed by atoms with van der Waals surface area (Å²) in [5.41, 5.74) is 0. The Bertz CT molecular complexity index is 282. The maximum atomic E-state index is 10.2. The number of hydrogen-bond donors (Lipinski definition) is 0. The van der Waals surface area contributed by atoms with Crippen molar-refractivity contribution in [3.05, 3.63) is 32.0 Å². The Morgan fingerprint density at radius 2 is 2.33 bits per heavy atom. The second-order valence-electron chi connectivity index (χ2n) is 2.86. The molecule has 4 heteroatoms. The first-order valence-corrected chi connectivity index (χ1v) is 4.59. The van der Waals surface area contributed by atoms with Gasteiger partial charge in [-0.05, 0) is 19.1 Å². The molecule has 3 nitrogen and oxygen atoms in total. The van der Waals surface area contributed by atoms with Crippen molar-refractivity contribution >= 4 is 11.3 Å². The number of thiophene rings is 1. The van der Waals surface area contributed by atoms with Gasteiger partial charge in [-0.3, -0.25) is 10.1 Å². The average molecular weight is 185 g/mol. The van der Waals surface area contributed by atoms with Crippen LogP contribution in [-0.2, 0) is 0 Å². The molecular weight excluding hydrogens is 174 g/mol. The van der Waals surface area contributed by atoms with Crippen LogP contribution in [0.25, 0.3) is 0 Å². The summed E-state index contributed by atoms with van der Waals surface area (Å²) in [7, 11) is 0. The van der Waals surface area contributed by atoms with Crippen LogP contribution in [-0.4, -0.2) is 11.5 Å². The molecule has 1 aromatic rings. The van der Waals surface area contributed by atoms with Crippen LogP contribution in [0.4, 0.5) is 0 Å². The zero-order valence-electron chi connectivity index (χ0n) is 7.11. The van der Waals surface area contributed by atoms with Crippen molar-refractivity contribution in [2.45, 2.75) is 19.8 Å². The predicted molar refractivity (Wildman–Crippen MR) is 49.3 cm³/mol. The second-order valence-corrected chi connectivity index (χ2v) is 4.18. The molecule has 0 fully saturated rings. The molecule has 0 bridgehead atoms. The molecule has 1 rings (SSSR count). The normalized spacial score (nSPS) is 12.8. The van der Waals surface area contributed by atoms with Gasteiger partial charge < -0.3 is 0 Å². The lowest BCUT2D eigenvalue weighted by atomic mass is 10.1. The first-order valence-electron chi connectivity index (χ1n) is 3.77. The van der Waals surface area contributed by atoms with Gasteiger partial charge in [-0.25, -0.2) is 0 Å². The molecule has 0 amide bonds.